The van der Waals surface area contributed by atoms with Crippen LogP contribution < -0.4 is 0 Å². The normalized spacial score (nSPS) is 19.0. The Labute approximate surface area is 207 Å². The van der Waals surface area contributed by atoms with Gasteiger partial charge in [0.2, 0.25) is 0 Å². The van der Waals surface area contributed by atoms with Crippen molar-refractivity contribution in [3.63, 3.8) is 0 Å². The molecule has 0 spiro atoms. The van der Waals surface area contributed by atoms with Gasteiger partial charge in [-0.15, -0.1) is 22.7 Å². The summed E-state index contributed by atoms with van der Waals surface area (Å²) in [6.45, 7) is 6.64. The minimum absolute atomic E-state index is 0.156. The van der Waals surface area contributed by atoms with Gasteiger partial charge in [-0.1, -0.05) is 49.9 Å². The van der Waals surface area contributed by atoms with E-state index in [1.54, 1.807) is 0 Å². The predicted molar refractivity (Wildman–Crippen MR) is 127 cm³/mol. The van der Waals surface area contributed by atoms with E-state index in [9.17, 15) is 8.78 Å². The Morgan fingerprint density at radius 3 is 1.30 bits per heavy atom. The van der Waals surface area contributed by atoms with Crippen LogP contribution in [-0.4, -0.2) is 17.8 Å². The fourth-order valence-electron chi connectivity index (χ4n) is 4.31. The van der Waals surface area contributed by atoms with Crippen LogP contribution in [0.15, 0.2) is 0 Å². The molecule has 0 saturated heterocycles. The molecule has 2 aromatic heterocycles. The third-order valence-electron chi connectivity index (χ3n) is 5.99. The average molecular weight is 549 g/mol. The Hall–Kier alpha value is -0.700. The Morgan fingerprint density at radius 2 is 1.00 bits per heavy atom. The van der Waals surface area contributed by atoms with Gasteiger partial charge >= 0.3 is 17.8 Å². The zero-order valence-electron chi connectivity index (χ0n) is 18.6. The van der Waals surface area contributed by atoms with Crippen LogP contribution in [0.4, 0.5) is 26.3 Å². The maximum absolute atomic E-state index is 15.4. The monoisotopic (exact) mass is 548 g/mol. The molecular weight excluding hydrogens is 525 g/mol. The van der Waals surface area contributed by atoms with Gasteiger partial charge in [0.05, 0.1) is 8.67 Å². The van der Waals surface area contributed by atoms with E-state index in [0.29, 0.717) is 25.7 Å². The van der Waals surface area contributed by atoms with E-state index in [4.69, 9.17) is 23.2 Å². The van der Waals surface area contributed by atoms with E-state index >= 15 is 17.6 Å². The Balaban J connectivity index is 2.47. The van der Waals surface area contributed by atoms with Crippen LogP contribution in [0.25, 0.3) is 11.1 Å². The molecular formula is C23H24Cl2F6S2. The largest absolute Gasteiger partial charge is 0.380 e. The highest BCUT2D eigenvalue weighted by Gasteiger charge is 2.80. The third kappa shape index (κ3) is 4.07. The number of allylic oxidation sites excluding steroid dienone is 2. The molecule has 2 heterocycles. The molecule has 0 fully saturated rings. The summed E-state index contributed by atoms with van der Waals surface area (Å²) in [7, 11) is 0. The van der Waals surface area contributed by atoms with Crippen molar-refractivity contribution >= 4 is 57.0 Å². The van der Waals surface area contributed by atoms with Gasteiger partial charge in [-0.05, 0) is 50.7 Å². The topological polar surface area (TPSA) is 0 Å². The Bertz CT molecular complexity index is 999. The number of thiophene rings is 2. The summed E-state index contributed by atoms with van der Waals surface area (Å²) in [6.07, 6.45) is 2.94. The summed E-state index contributed by atoms with van der Waals surface area (Å²) in [5, 5.41) is 0. The van der Waals surface area contributed by atoms with Gasteiger partial charge in [0.15, 0.2) is 0 Å². The molecule has 0 aliphatic heterocycles. The molecule has 0 saturated carbocycles. The fourth-order valence-corrected chi connectivity index (χ4v) is 7.23. The molecule has 10 heteroatoms. The van der Waals surface area contributed by atoms with Gasteiger partial charge in [0, 0.05) is 32.0 Å². The average Bonchev–Trinajstić information content (AvgIpc) is 3.18. The lowest BCUT2D eigenvalue weighted by atomic mass is 9.89. The Morgan fingerprint density at radius 1 is 0.667 bits per heavy atom. The quantitative estimate of drug-likeness (QED) is 0.288. The molecule has 0 amide bonds. The van der Waals surface area contributed by atoms with E-state index in [0.717, 1.165) is 22.7 Å². The van der Waals surface area contributed by atoms with Crippen molar-refractivity contribution in [2.24, 2.45) is 0 Å². The number of rotatable bonds is 8. The van der Waals surface area contributed by atoms with Crippen LogP contribution in [0.1, 0.15) is 71.5 Å². The molecule has 0 aromatic carbocycles. The summed E-state index contributed by atoms with van der Waals surface area (Å²) in [6, 6.07) is 0. The van der Waals surface area contributed by atoms with Gasteiger partial charge in [-0.2, -0.15) is 26.3 Å². The number of hydrogen-bond donors (Lipinski definition) is 0. The maximum Gasteiger partial charge on any atom is 0.380 e. The first-order chi connectivity index (χ1) is 15.3. The first-order valence-corrected chi connectivity index (χ1v) is 13.1. The SMILES string of the molecule is CCCCc1c(Cl)sc(C)c1C1=C(c2c(C)sc(Cl)c2CCCC)C(F)(F)C(F)(F)C1(F)F. The van der Waals surface area contributed by atoms with Crippen LogP contribution in [0.2, 0.25) is 8.67 Å². The minimum atomic E-state index is -5.60. The van der Waals surface area contributed by atoms with E-state index in [1.165, 1.54) is 13.8 Å². The zero-order chi connectivity index (χ0) is 24.9. The highest BCUT2D eigenvalue weighted by molar-refractivity contribution is 7.17. The van der Waals surface area contributed by atoms with E-state index < -0.39 is 28.9 Å². The Kier molecular flexibility index (Phi) is 7.66. The highest BCUT2D eigenvalue weighted by atomic mass is 35.5. The molecule has 33 heavy (non-hydrogen) atoms. The molecule has 0 nitrogen and oxygen atoms in total. The molecule has 184 valence electrons. The summed E-state index contributed by atoms with van der Waals surface area (Å²) < 4.78 is 91.4. The van der Waals surface area contributed by atoms with Crippen molar-refractivity contribution < 1.29 is 26.3 Å². The van der Waals surface area contributed by atoms with Crippen LogP contribution in [0, 0.1) is 13.8 Å². The smallest absolute Gasteiger partial charge is 0.194 e. The van der Waals surface area contributed by atoms with Gasteiger partial charge in [-0.25, -0.2) is 0 Å². The standard InChI is InChI=1S/C23H24Cl2F6S2/c1-5-7-9-13-15(11(3)32-19(13)24)17-18(22(28,29)23(30,31)21(17,26)27)16-12(4)33-20(25)14(16)10-8-6-2/h5-10H2,1-4H3. The molecule has 0 bridgehead atoms. The van der Waals surface area contributed by atoms with Crippen LogP contribution in [0.3, 0.4) is 0 Å². The molecule has 2 aromatic rings. The number of alkyl halides is 6. The van der Waals surface area contributed by atoms with Crippen LogP contribution in [-0.2, 0) is 12.8 Å². The zero-order valence-corrected chi connectivity index (χ0v) is 21.7. The second-order valence-electron chi connectivity index (χ2n) is 8.25. The number of unbranched alkanes of at least 4 members (excludes halogenated alkanes) is 2. The molecule has 1 aliphatic carbocycles. The van der Waals surface area contributed by atoms with E-state index in [2.05, 4.69) is 0 Å². The van der Waals surface area contributed by atoms with Crippen LogP contribution in [0.5, 0.6) is 0 Å². The highest BCUT2D eigenvalue weighted by Crippen LogP contribution is 2.67. The lowest BCUT2D eigenvalue weighted by Crippen LogP contribution is -2.49. The van der Waals surface area contributed by atoms with Gasteiger partial charge < -0.3 is 0 Å². The minimum Gasteiger partial charge on any atom is -0.194 e. The second kappa shape index (κ2) is 9.40. The van der Waals surface area contributed by atoms with Gasteiger partial charge in [0.1, 0.15) is 0 Å². The molecule has 0 atom stereocenters. The number of halogens is 8. The van der Waals surface area contributed by atoms with Crippen molar-refractivity contribution in [2.45, 2.75) is 84.0 Å². The van der Waals surface area contributed by atoms with Gasteiger partial charge in [0.25, 0.3) is 0 Å². The molecule has 3 rings (SSSR count). The van der Waals surface area contributed by atoms with Crippen molar-refractivity contribution in [1.82, 2.24) is 0 Å². The van der Waals surface area contributed by atoms with Crippen LogP contribution >= 0.6 is 45.9 Å². The van der Waals surface area contributed by atoms with Gasteiger partial charge in [-0.3, -0.25) is 0 Å². The molecule has 0 unspecified atom stereocenters. The van der Waals surface area contributed by atoms with Crippen molar-refractivity contribution in [2.75, 3.05) is 0 Å². The number of hydrogen-bond acceptors (Lipinski definition) is 2. The summed E-state index contributed by atoms with van der Waals surface area (Å²) >= 11 is 14.5. The summed E-state index contributed by atoms with van der Waals surface area (Å²) in [4.78, 5) is 0.418. The van der Waals surface area contributed by atoms with Crippen molar-refractivity contribution in [3.05, 3.63) is 40.7 Å². The third-order valence-corrected chi connectivity index (χ3v) is 8.79. The van der Waals surface area contributed by atoms with Crippen molar-refractivity contribution in [3.8, 4) is 0 Å². The predicted octanol–water partition coefficient (Wildman–Crippen LogP) is 10.2. The summed E-state index contributed by atoms with van der Waals surface area (Å²) in [5.41, 5.74) is -2.76. The molecule has 0 radical (unpaired) electrons. The van der Waals surface area contributed by atoms with E-state index in [1.807, 2.05) is 13.8 Å². The maximum atomic E-state index is 15.4. The first kappa shape index (κ1) is 26.9. The lowest BCUT2D eigenvalue weighted by Gasteiger charge is -2.26. The fraction of sp³-hybridized carbons (Fsp3) is 0.565. The van der Waals surface area contributed by atoms with E-state index in [-0.39, 0.29) is 53.5 Å². The number of aryl methyl sites for hydroxylation is 2. The second-order valence-corrected chi connectivity index (χ2v) is 11.9. The lowest BCUT2D eigenvalue weighted by molar-refractivity contribution is -0.254. The molecule has 1 aliphatic rings. The molecule has 0 N–H and O–H groups in total. The first-order valence-electron chi connectivity index (χ1n) is 10.7. The van der Waals surface area contributed by atoms with Crippen molar-refractivity contribution in [1.29, 1.82) is 0 Å². The summed E-state index contributed by atoms with van der Waals surface area (Å²) in [5.74, 6) is -15.8.